The van der Waals surface area contributed by atoms with Crippen molar-refractivity contribution in [1.29, 1.82) is 0 Å². The zero-order valence-corrected chi connectivity index (χ0v) is 7.92. The molecule has 13 heavy (non-hydrogen) atoms. The van der Waals surface area contributed by atoms with Gasteiger partial charge >= 0.3 is 0 Å². The Labute approximate surface area is 77.5 Å². The summed E-state index contributed by atoms with van der Waals surface area (Å²) in [6, 6.07) is 1.77. The summed E-state index contributed by atoms with van der Waals surface area (Å²) in [5.41, 5.74) is 6.95. The van der Waals surface area contributed by atoms with Crippen molar-refractivity contribution in [3.05, 3.63) is 23.5 Å². The van der Waals surface area contributed by atoms with Crippen LogP contribution in [-0.4, -0.2) is 23.5 Å². The quantitative estimate of drug-likeness (QED) is 0.631. The molecule has 0 aliphatic carbocycles. The number of aryl methyl sites for hydroxylation is 1. The molecule has 0 spiro atoms. The maximum atomic E-state index is 11.5. The summed E-state index contributed by atoms with van der Waals surface area (Å²) in [5.74, 6) is -0.0725. The molecule has 1 heterocycles. The topological polar surface area (TPSA) is 70.9 Å². The summed E-state index contributed by atoms with van der Waals surface area (Å²) >= 11 is 0. The minimum atomic E-state index is -0.0725. The number of hydrogen-bond acceptors (Lipinski definition) is 2. The Morgan fingerprint density at radius 3 is 2.92 bits per heavy atom. The third kappa shape index (κ3) is 2.32. The van der Waals surface area contributed by atoms with Crippen molar-refractivity contribution in [1.82, 2.24) is 10.3 Å². The third-order valence-electron chi connectivity index (χ3n) is 1.93. The van der Waals surface area contributed by atoms with Gasteiger partial charge in [0.15, 0.2) is 0 Å². The van der Waals surface area contributed by atoms with E-state index in [4.69, 9.17) is 5.73 Å². The van der Waals surface area contributed by atoms with E-state index in [9.17, 15) is 4.79 Å². The van der Waals surface area contributed by atoms with Crippen LogP contribution in [0.15, 0.2) is 12.3 Å². The number of H-pyrrole nitrogens is 1. The van der Waals surface area contributed by atoms with E-state index in [1.165, 1.54) is 0 Å². The number of aromatic amines is 1. The van der Waals surface area contributed by atoms with Crippen LogP contribution >= 0.6 is 0 Å². The van der Waals surface area contributed by atoms with Crippen LogP contribution in [0.4, 0.5) is 0 Å². The van der Waals surface area contributed by atoms with Gasteiger partial charge in [0.25, 0.3) is 5.91 Å². The number of rotatable bonds is 3. The lowest BCUT2D eigenvalue weighted by Crippen LogP contribution is -2.37. The number of carbonyl (C=O) groups excluding carboxylic acids is 1. The largest absolute Gasteiger partial charge is 0.365 e. The van der Waals surface area contributed by atoms with E-state index in [1.807, 2.05) is 13.8 Å². The number of hydrogen-bond donors (Lipinski definition) is 3. The van der Waals surface area contributed by atoms with Crippen molar-refractivity contribution in [3.8, 4) is 0 Å². The van der Waals surface area contributed by atoms with E-state index in [1.54, 1.807) is 12.3 Å². The normalized spacial score (nSPS) is 12.5. The number of amides is 1. The Balaban J connectivity index is 2.64. The van der Waals surface area contributed by atoms with Crippen LogP contribution in [-0.2, 0) is 0 Å². The second-order valence-electron chi connectivity index (χ2n) is 3.13. The Kier molecular flexibility index (Phi) is 3.08. The standard InChI is InChI=1S/C9H15N3O/c1-6(5-10)12-9(13)8-3-4-11-7(8)2/h3-4,6,11H,5,10H2,1-2H3,(H,12,13)/t6-/m1/s1. The zero-order valence-electron chi connectivity index (χ0n) is 7.92. The summed E-state index contributed by atoms with van der Waals surface area (Å²) in [6.45, 7) is 4.19. The molecule has 0 fully saturated rings. The lowest BCUT2D eigenvalue weighted by molar-refractivity contribution is 0.0941. The molecule has 0 unspecified atom stereocenters. The van der Waals surface area contributed by atoms with Gasteiger partial charge in [-0.3, -0.25) is 4.79 Å². The fourth-order valence-electron chi connectivity index (χ4n) is 1.06. The van der Waals surface area contributed by atoms with Crippen LogP contribution in [0.25, 0.3) is 0 Å². The van der Waals surface area contributed by atoms with Crippen LogP contribution in [0.5, 0.6) is 0 Å². The molecule has 1 atom stereocenters. The number of nitrogens with two attached hydrogens (primary N) is 1. The summed E-state index contributed by atoms with van der Waals surface area (Å²) in [4.78, 5) is 14.5. The molecule has 4 nitrogen and oxygen atoms in total. The van der Waals surface area contributed by atoms with Gasteiger partial charge in [-0.25, -0.2) is 0 Å². The Morgan fingerprint density at radius 1 is 1.77 bits per heavy atom. The molecule has 1 aromatic heterocycles. The highest BCUT2D eigenvalue weighted by Gasteiger charge is 2.10. The monoisotopic (exact) mass is 181 g/mol. The van der Waals surface area contributed by atoms with Crippen LogP contribution < -0.4 is 11.1 Å². The predicted octanol–water partition coefficient (Wildman–Crippen LogP) is 0.400. The molecule has 1 rings (SSSR count). The highest BCUT2D eigenvalue weighted by Crippen LogP contribution is 2.04. The van der Waals surface area contributed by atoms with Gasteiger partial charge in [-0.2, -0.15) is 0 Å². The molecular weight excluding hydrogens is 166 g/mol. The van der Waals surface area contributed by atoms with Gasteiger partial charge in [0.05, 0.1) is 5.56 Å². The fraction of sp³-hybridized carbons (Fsp3) is 0.444. The first-order valence-corrected chi connectivity index (χ1v) is 4.30. The van der Waals surface area contributed by atoms with Crippen molar-refractivity contribution < 1.29 is 4.79 Å². The lowest BCUT2D eigenvalue weighted by atomic mass is 10.2. The van der Waals surface area contributed by atoms with Gasteiger partial charge in [0, 0.05) is 24.5 Å². The Bertz CT molecular complexity index is 293. The molecule has 4 N–H and O–H groups in total. The van der Waals surface area contributed by atoms with Crippen molar-refractivity contribution >= 4 is 5.91 Å². The van der Waals surface area contributed by atoms with Crippen molar-refractivity contribution in [2.75, 3.05) is 6.54 Å². The van der Waals surface area contributed by atoms with Gasteiger partial charge < -0.3 is 16.0 Å². The van der Waals surface area contributed by atoms with Crippen LogP contribution in [0, 0.1) is 6.92 Å². The highest BCUT2D eigenvalue weighted by molar-refractivity contribution is 5.95. The molecule has 0 saturated carbocycles. The van der Waals surface area contributed by atoms with Crippen LogP contribution in [0.1, 0.15) is 23.0 Å². The Hall–Kier alpha value is -1.29. The van der Waals surface area contributed by atoms with Gasteiger partial charge in [0.2, 0.25) is 0 Å². The maximum Gasteiger partial charge on any atom is 0.253 e. The molecule has 0 aromatic carbocycles. The molecule has 4 heteroatoms. The first-order valence-electron chi connectivity index (χ1n) is 4.30. The first kappa shape index (κ1) is 9.80. The number of aromatic nitrogens is 1. The van der Waals surface area contributed by atoms with E-state index < -0.39 is 0 Å². The second kappa shape index (κ2) is 4.09. The minimum absolute atomic E-state index is 0.0156. The summed E-state index contributed by atoms with van der Waals surface area (Å²) in [7, 11) is 0. The first-order chi connectivity index (χ1) is 6.15. The second-order valence-corrected chi connectivity index (χ2v) is 3.13. The Morgan fingerprint density at radius 2 is 2.46 bits per heavy atom. The van der Waals surface area contributed by atoms with Crippen molar-refractivity contribution in [2.45, 2.75) is 19.9 Å². The molecule has 0 bridgehead atoms. The lowest BCUT2D eigenvalue weighted by Gasteiger charge is -2.10. The fourth-order valence-corrected chi connectivity index (χ4v) is 1.06. The number of carbonyl (C=O) groups is 1. The molecule has 1 amide bonds. The average molecular weight is 181 g/mol. The van der Waals surface area contributed by atoms with Gasteiger partial charge in [-0.05, 0) is 19.9 Å². The molecule has 1 aromatic rings. The number of nitrogens with one attached hydrogen (secondary N) is 2. The minimum Gasteiger partial charge on any atom is -0.365 e. The molecule has 0 aliphatic heterocycles. The van der Waals surface area contributed by atoms with Gasteiger partial charge in [-0.15, -0.1) is 0 Å². The summed E-state index contributed by atoms with van der Waals surface area (Å²) in [5, 5.41) is 2.79. The van der Waals surface area contributed by atoms with E-state index >= 15 is 0 Å². The smallest absolute Gasteiger partial charge is 0.253 e. The molecule has 72 valence electrons. The van der Waals surface area contributed by atoms with Crippen molar-refractivity contribution in [3.63, 3.8) is 0 Å². The molecule has 0 saturated heterocycles. The highest BCUT2D eigenvalue weighted by atomic mass is 16.1. The van der Waals surface area contributed by atoms with E-state index in [-0.39, 0.29) is 11.9 Å². The average Bonchev–Trinajstić information content (AvgIpc) is 2.51. The van der Waals surface area contributed by atoms with E-state index in [0.717, 1.165) is 5.69 Å². The predicted molar refractivity (Wildman–Crippen MR) is 51.5 cm³/mol. The zero-order chi connectivity index (χ0) is 9.84. The SMILES string of the molecule is Cc1[nH]ccc1C(=O)N[C@H](C)CN. The van der Waals surface area contributed by atoms with Gasteiger partial charge in [-0.1, -0.05) is 0 Å². The maximum absolute atomic E-state index is 11.5. The summed E-state index contributed by atoms with van der Waals surface area (Å²) in [6.07, 6.45) is 1.75. The van der Waals surface area contributed by atoms with E-state index in [0.29, 0.717) is 12.1 Å². The molecule has 0 radical (unpaired) electrons. The third-order valence-corrected chi connectivity index (χ3v) is 1.93. The van der Waals surface area contributed by atoms with Crippen molar-refractivity contribution in [2.24, 2.45) is 5.73 Å². The van der Waals surface area contributed by atoms with Crippen LogP contribution in [0.3, 0.4) is 0 Å². The molecule has 0 aliphatic rings. The molecular formula is C9H15N3O. The van der Waals surface area contributed by atoms with E-state index in [2.05, 4.69) is 10.3 Å². The van der Waals surface area contributed by atoms with Gasteiger partial charge in [0.1, 0.15) is 0 Å². The summed E-state index contributed by atoms with van der Waals surface area (Å²) < 4.78 is 0. The van der Waals surface area contributed by atoms with Crippen LogP contribution in [0.2, 0.25) is 0 Å².